The minimum atomic E-state index is -3.17. The summed E-state index contributed by atoms with van der Waals surface area (Å²) in [6.07, 6.45) is 33.4. The molecule has 0 heterocycles. The van der Waals surface area contributed by atoms with E-state index in [0.29, 0.717) is 21.4 Å². The van der Waals surface area contributed by atoms with Gasteiger partial charge in [-0.2, -0.15) is 0 Å². The number of fused-ring (bicyclic) bond motifs is 8. The van der Waals surface area contributed by atoms with E-state index in [9.17, 15) is 0 Å². The van der Waals surface area contributed by atoms with Crippen molar-refractivity contribution in [3.8, 4) is 0 Å². The molecule has 10 unspecified atom stereocenters. The van der Waals surface area contributed by atoms with Crippen LogP contribution in [0.3, 0.4) is 0 Å². The topological polar surface area (TPSA) is 0 Å². The predicted molar refractivity (Wildman–Crippen MR) is 233 cm³/mol. The molecule has 0 nitrogen and oxygen atoms in total. The average Bonchev–Trinajstić information content (AvgIpc) is 3.68. The largest absolute Gasteiger partial charge is 1.00 e. The van der Waals surface area contributed by atoms with E-state index in [0.717, 1.165) is 0 Å². The SMILES string of the molecule is CC1=CC=CC2[CH]([Zr+2]([C]3=CC(C(C)(C)C)=CC3C(C)C)=[C](c3ccccc3)c3ccccc3)C3(C)C4(C)C=CC=CC4(C)C4(C)C=CC=CC4(C)C3(C)C12C.[Cl-].[Cl-]. The van der Waals surface area contributed by atoms with Crippen LogP contribution < -0.4 is 24.8 Å². The van der Waals surface area contributed by atoms with Gasteiger partial charge in [0.15, 0.2) is 0 Å². The number of hydrogen-bond donors (Lipinski definition) is 0. The van der Waals surface area contributed by atoms with Crippen molar-refractivity contribution in [2.75, 3.05) is 0 Å². The van der Waals surface area contributed by atoms with E-state index in [-0.39, 0.29) is 68.1 Å². The number of allylic oxidation sites excluding steroid dienone is 16. The van der Waals surface area contributed by atoms with Crippen molar-refractivity contribution < 1.29 is 46.1 Å². The smallest absolute Gasteiger partial charge is 1.00 e. The molecule has 0 aromatic heterocycles. The molecule has 8 rings (SSSR count). The number of benzene rings is 2. The monoisotopic (exact) mass is 874 g/mol. The maximum absolute atomic E-state index is 3.17. The van der Waals surface area contributed by atoms with E-state index in [1.165, 1.54) is 16.7 Å². The minimum absolute atomic E-state index is 0. The van der Waals surface area contributed by atoms with Crippen molar-refractivity contribution >= 4 is 3.21 Å². The molecule has 2 saturated carbocycles. The average molecular weight is 877 g/mol. The summed E-state index contributed by atoms with van der Waals surface area (Å²) < 4.78 is 3.95. The molecule has 6 aliphatic rings. The van der Waals surface area contributed by atoms with Crippen molar-refractivity contribution in [3.05, 3.63) is 165 Å². The second-order valence-corrected chi connectivity index (χ2v) is 27.0. The third-order valence-electron chi connectivity index (χ3n) is 18.1. The Labute approximate surface area is 366 Å². The van der Waals surface area contributed by atoms with E-state index in [4.69, 9.17) is 0 Å². The third-order valence-corrected chi connectivity index (χ3v) is 27.4. The molecule has 6 aliphatic carbocycles. The van der Waals surface area contributed by atoms with Crippen LogP contribution in [0.25, 0.3) is 0 Å². The molecule has 2 aromatic rings. The quantitative estimate of drug-likeness (QED) is 0.284. The first-order chi connectivity index (χ1) is 25.8. The summed E-state index contributed by atoms with van der Waals surface area (Å²) in [7, 11) is 0. The van der Waals surface area contributed by atoms with Crippen LogP contribution >= 0.6 is 0 Å². The minimum Gasteiger partial charge on any atom is -1.00 e. The maximum atomic E-state index is 2.84. The molecule has 10 atom stereocenters. The van der Waals surface area contributed by atoms with Gasteiger partial charge in [0.2, 0.25) is 0 Å². The first kappa shape index (κ1) is 44.3. The van der Waals surface area contributed by atoms with E-state index in [2.05, 4.69) is 230 Å². The molecule has 0 saturated heterocycles. The number of hydrogen-bond acceptors (Lipinski definition) is 0. The summed E-state index contributed by atoms with van der Waals surface area (Å²) >= 11 is -3.17. The first-order valence-electron chi connectivity index (χ1n) is 21.2. The number of halogens is 2. The summed E-state index contributed by atoms with van der Waals surface area (Å²) in [5.74, 6) is 1.33. The van der Waals surface area contributed by atoms with Crippen LogP contribution in [-0.4, -0.2) is 3.21 Å². The molecule has 0 amide bonds. The van der Waals surface area contributed by atoms with Gasteiger partial charge in [-0.25, -0.2) is 0 Å². The normalized spacial score (nSPS) is 39.3. The van der Waals surface area contributed by atoms with Gasteiger partial charge >= 0.3 is 344 Å². The van der Waals surface area contributed by atoms with E-state index in [1.807, 2.05) is 3.28 Å². The number of rotatable bonds is 5. The molecule has 3 heteroatoms. The van der Waals surface area contributed by atoms with E-state index < -0.39 is 21.3 Å². The Morgan fingerprint density at radius 1 is 0.649 bits per heavy atom. The zero-order chi connectivity index (χ0) is 39.6. The van der Waals surface area contributed by atoms with Crippen LogP contribution in [0.4, 0.5) is 0 Å². The molecule has 57 heavy (non-hydrogen) atoms. The molecular weight excluding hydrogens is 811 g/mol. The van der Waals surface area contributed by atoms with Gasteiger partial charge in [-0.3, -0.25) is 0 Å². The fraction of sp³-hybridized carbons (Fsp3) is 0.463. The Kier molecular flexibility index (Phi) is 11.2. The van der Waals surface area contributed by atoms with Gasteiger partial charge in [-0.05, 0) is 0 Å². The second-order valence-electron chi connectivity index (χ2n) is 20.8. The van der Waals surface area contributed by atoms with Crippen molar-refractivity contribution in [1.29, 1.82) is 0 Å². The van der Waals surface area contributed by atoms with Gasteiger partial charge in [0.1, 0.15) is 0 Å². The Hall–Kier alpha value is -2.31. The molecular formula is C54H66Cl2Zr. The fourth-order valence-corrected chi connectivity index (χ4v) is 26.5. The molecule has 0 spiro atoms. The van der Waals surface area contributed by atoms with Crippen molar-refractivity contribution in [1.82, 2.24) is 0 Å². The molecule has 0 aliphatic heterocycles. The molecule has 2 fully saturated rings. The van der Waals surface area contributed by atoms with Crippen LogP contribution in [0.2, 0.25) is 3.63 Å². The van der Waals surface area contributed by atoms with Crippen molar-refractivity contribution in [2.45, 2.75) is 93.6 Å². The van der Waals surface area contributed by atoms with Crippen LogP contribution in [0, 0.1) is 61.1 Å². The Bertz CT molecular complexity index is 2160. The summed E-state index contributed by atoms with van der Waals surface area (Å²) in [5, 5.41) is 0. The van der Waals surface area contributed by atoms with Crippen molar-refractivity contribution in [2.24, 2.45) is 61.1 Å². The maximum Gasteiger partial charge on any atom is -1.00 e. The summed E-state index contributed by atoms with van der Waals surface area (Å²) in [4.78, 5) is 0. The molecule has 0 bridgehead atoms. The Morgan fingerprint density at radius 2 is 1.12 bits per heavy atom. The van der Waals surface area contributed by atoms with Gasteiger partial charge in [-0.1, -0.05) is 0 Å². The molecule has 0 N–H and O–H groups in total. The van der Waals surface area contributed by atoms with Gasteiger partial charge in [-0.15, -0.1) is 0 Å². The standard InChI is InChI=1S/C29H37.C13H10.C12H19.2ClH.Zr/c1-21-14-13-15-22-20-27(6)25(4)18-10-9-16-23(25,2)24(3)17-11-12-19-26(24,5)29(27,8)28(21,22)7;1-3-7-12(8-4-1)11-13-9-5-2-6-10-13;1-9(2)10-6-7-11(8-10)12(3,4)5;;;/h9-20,22H,1-8H3;1-10H;7-10H,1-5H3;2*1H;/q;;;;;+2/p-2. The van der Waals surface area contributed by atoms with Gasteiger partial charge in [0.25, 0.3) is 0 Å². The molecule has 300 valence electrons. The second kappa shape index (κ2) is 14.4. The first-order valence-corrected chi connectivity index (χ1v) is 25.1. The van der Waals surface area contributed by atoms with E-state index >= 15 is 0 Å². The van der Waals surface area contributed by atoms with Crippen LogP contribution in [0.1, 0.15) is 101 Å². The van der Waals surface area contributed by atoms with Gasteiger partial charge in [0, 0.05) is 0 Å². The Balaban J connectivity index is 0.00000275. The zero-order valence-corrected chi connectivity index (χ0v) is 40.8. The van der Waals surface area contributed by atoms with Gasteiger partial charge in [0.05, 0.1) is 0 Å². The van der Waals surface area contributed by atoms with Crippen LogP contribution in [0.15, 0.2) is 154 Å². The van der Waals surface area contributed by atoms with Crippen molar-refractivity contribution in [3.63, 3.8) is 0 Å². The molecule has 0 radical (unpaired) electrons. The summed E-state index contributed by atoms with van der Waals surface area (Å²) in [6.45, 7) is 33.8. The summed E-state index contributed by atoms with van der Waals surface area (Å²) in [5.41, 5.74) is 5.18. The third kappa shape index (κ3) is 5.29. The predicted octanol–water partition coefficient (Wildman–Crippen LogP) is 8.27. The fourth-order valence-electron chi connectivity index (χ4n) is 14.3. The zero-order valence-electron chi connectivity index (χ0n) is 36.8. The molecule has 2 aromatic carbocycles. The van der Waals surface area contributed by atoms with Gasteiger partial charge < -0.3 is 24.8 Å². The Morgan fingerprint density at radius 3 is 1.61 bits per heavy atom. The van der Waals surface area contributed by atoms with E-state index in [1.54, 1.807) is 8.78 Å². The summed E-state index contributed by atoms with van der Waals surface area (Å²) in [6, 6.07) is 23.4. The van der Waals surface area contributed by atoms with Crippen LogP contribution in [-0.2, 0) is 21.3 Å². The van der Waals surface area contributed by atoms with Crippen LogP contribution in [0.5, 0.6) is 0 Å².